The zero-order chi connectivity index (χ0) is 14.8. The van der Waals surface area contributed by atoms with Crippen LogP contribution in [-0.4, -0.2) is 21.5 Å². The van der Waals surface area contributed by atoms with Crippen molar-refractivity contribution in [3.8, 4) is 5.88 Å². The van der Waals surface area contributed by atoms with Crippen LogP contribution in [0.4, 0.5) is 22.0 Å². The highest BCUT2D eigenvalue weighted by molar-refractivity contribution is 8.12. The summed E-state index contributed by atoms with van der Waals surface area (Å²) in [7, 11) is 1.05. The van der Waals surface area contributed by atoms with Gasteiger partial charge in [-0.25, -0.2) is 4.68 Å². The summed E-state index contributed by atoms with van der Waals surface area (Å²) in [5.74, 6) is -1.14. The number of alkyl halides is 5. The molecule has 0 unspecified atom stereocenters. The smallest absolute Gasteiger partial charge is 0.417 e. The second-order valence-electron chi connectivity index (χ2n) is 3.41. The molecule has 0 N–H and O–H groups in total. The Hall–Kier alpha value is -1.32. The average Bonchev–Trinajstić information content (AvgIpc) is 2.52. The molecule has 1 heterocycles. The highest BCUT2D eigenvalue weighted by Crippen LogP contribution is 2.37. The Morgan fingerprint density at radius 1 is 1.47 bits per heavy atom. The van der Waals surface area contributed by atoms with E-state index in [0.717, 1.165) is 14.0 Å². The first-order valence-electron chi connectivity index (χ1n) is 4.84. The van der Waals surface area contributed by atoms with E-state index in [-0.39, 0.29) is 0 Å². The average molecular weight is 304 g/mol. The summed E-state index contributed by atoms with van der Waals surface area (Å²) in [5, 5.41) is 2.68. The van der Waals surface area contributed by atoms with Gasteiger partial charge in [0.25, 0.3) is 0 Å². The molecule has 0 radical (unpaired) electrons. The molecule has 0 aliphatic rings. The lowest BCUT2D eigenvalue weighted by atomic mass is 10.2. The van der Waals surface area contributed by atoms with Gasteiger partial charge >= 0.3 is 12.8 Å². The second-order valence-corrected chi connectivity index (χ2v) is 4.56. The molecule has 10 heteroatoms. The lowest BCUT2D eigenvalue weighted by molar-refractivity contribution is -0.142. The molecule has 0 spiro atoms. The fraction of sp³-hybridized carbons (Fsp3) is 0.556. The van der Waals surface area contributed by atoms with Gasteiger partial charge in [0, 0.05) is 19.7 Å². The Labute approximate surface area is 108 Å². The topological polar surface area (TPSA) is 44.1 Å². The molecule has 4 nitrogen and oxygen atoms in total. The molecule has 0 amide bonds. The minimum absolute atomic E-state index is 0.444. The number of rotatable bonds is 4. The first kappa shape index (κ1) is 15.7. The van der Waals surface area contributed by atoms with E-state index < -0.39 is 40.8 Å². The predicted octanol–water partition coefficient (Wildman–Crippen LogP) is 2.82. The van der Waals surface area contributed by atoms with Crippen molar-refractivity contribution in [3.05, 3.63) is 11.3 Å². The van der Waals surface area contributed by atoms with Gasteiger partial charge in [0.15, 0.2) is 10.8 Å². The Kier molecular flexibility index (Phi) is 4.77. The number of hydrogen-bond donors (Lipinski definition) is 0. The molecule has 0 aliphatic heterocycles. The third kappa shape index (κ3) is 4.08. The van der Waals surface area contributed by atoms with Gasteiger partial charge in [0.05, 0.1) is 5.56 Å². The third-order valence-corrected chi connectivity index (χ3v) is 2.82. The summed E-state index contributed by atoms with van der Waals surface area (Å²) in [6.07, 6.45) is -4.81. The summed E-state index contributed by atoms with van der Waals surface area (Å²) in [4.78, 5) is 10.8. The van der Waals surface area contributed by atoms with Crippen LogP contribution in [0.15, 0.2) is 0 Å². The molecule has 0 bridgehead atoms. The van der Waals surface area contributed by atoms with E-state index in [1.807, 2.05) is 0 Å². The van der Waals surface area contributed by atoms with E-state index in [1.54, 1.807) is 0 Å². The normalized spacial score (nSPS) is 12.0. The molecule has 0 saturated heterocycles. The van der Waals surface area contributed by atoms with Gasteiger partial charge in [0.1, 0.15) is 0 Å². The van der Waals surface area contributed by atoms with Gasteiger partial charge in [-0.15, -0.1) is 0 Å². The van der Waals surface area contributed by atoms with Crippen molar-refractivity contribution in [3.63, 3.8) is 0 Å². The minimum Gasteiger partial charge on any atom is -0.417 e. The standard InChI is InChI=1S/C9H9F5N2O2S/c1-4(17)19-3-5-6(9(12,13)14)15-16(2)7(5)18-8(10)11/h8H,3H2,1-2H3. The van der Waals surface area contributed by atoms with E-state index in [0.29, 0.717) is 16.4 Å². The summed E-state index contributed by atoms with van der Waals surface area (Å²) in [5.41, 5.74) is -1.91. The maximum atomic E-state index is 12.7. The molecule has 1 aromatic rings. The van der Waals surface area contributed by atoms with Crippen LogP contribution >= 0.6 is 11.8 Å². The lowest BCUT2D eigenvalue weighted by Gasteiger charge is -2.08. The Bertz CT molecular complexity index is 472. The number of aromatic nitrogens is 2. The first-order chi connectivity index (χ1) is 8.62. The summed E-state index contributed by atoms with van der Waals surface area (Å²) in [6, 6.07) is 0. The van der Waals surface area contributed by atoms with Gasteiger partial charge in [-0.05, 0) is 0 Å². The van der Waals surface area contributed by atoms with Crippen molar-refractivity contribution in [1.29, 1.82) is 0 Å². The van der Waals surface area contributed by atoms with Crippen LogP contribution in [0.25, 0.3) is 0 Å². The zero-order valence-electron chi connectivity index (χ0n) is 9.79. The van der Waals surface area contributed by atoms with Gasteiger partial charge in [-0.1, -0.05) is 11.8 Å². The summed E-state index contributed by atoms with van der Waals surface area (Å²) >= 11 is 0.552. The molecule has 1 aromatic heterocycles. The van der Waals surface area contributed by atoms with E-state index in [2.05, 4.69) is 9.84 Å². The zero-order valence-corrected chi connectivity index (χ0v) is 10.6. The fourth-order valence-corrected chi connectivity index (χ4v) is 1.92. The van der Waals surface area contributed by atoms with Crippen LogP contribution in [0.3, 0.4) is 0 Å². The van der Waals surface area contributed by atoms with Crippen molar-refractivity contribution < 1.29 is 31.5 Å². The molecule has 0 aromatic carbocycles. The van der Waals surface area contributed by atoms with E-state index >= 15 is 0 Å². The van der Waals surface area contributed by atoms with Crippen molar-refractivity contribution >= 4 is 16.9 Å². The van der Waals surface area contributed by atoms with E-state index in [4.69, 9.17) is 0 Å². The molecule has 1 rings (SSSR count). The number of aryl methyl sites for hydroxylation is 1. The fourth-order valence-electron chi connectivity index (χ4n) is 1.32. The second kappa shape index (κ2) is 5.76. The molecule has 108 valence electrons. The number of thioether (sulfide) groups is 1. The highest BCUT2D eigenvalue weighted by Gasteiger charge is 2.39. The predicted molar refractivity (Wildman–Crippen MR) is 56.8 cm³/mol. The van der Waals surface area contributed by atoms with Crippen LogP contribution < -0.4 is 4.74 Å². The maximum absolute atomic E-state index is 12.7. The molecule has 0 fully saturated rings. The number of carbonyl (C=O) groups excluding carboxylic acids is 1. The number of nitrogens with zero attached hydrogens (tertiary/aromatic N) is 2. The Balaban J connectivity index is 3.21. The number of ether oxygens (including phenoxy) is 1. The van der Waals surface area contributed by atoms with Crippen molar-refractivity contribution in [2.24, 2.45) is 7.05 Å². The maximum Gasteiger partial charge on any atom is 0.435 e. The molecule has 0 aliphatic carbocycles. The quantitative estimate of drug-likeness (QED) is 0.802. The van der Waals surface area contributed by atoms with Crippen LogP contribution in [0, 0.1) is 0 Å². The van der Waals surface area contributed by atoms with Gasteiger partial charge in [-0.2, -0.15) is 27.1 Å². The van der Waals surface area contributed by atoms with Crippen LogP contribution in [0.1, 0.15) is 18.2 Å². The van der Waals surface area contributed by atoms with Crippen molar-refractivity contribution in [2.75, 3.05) is 0 Å². The molecular weight excluding hydrogens is 295 g/mol. The van der Waals surface area contributed by atoms with Crippen LogP contribution in [0.2, 0.25) is 0 Å². The summed E-state index contributed by atoms with van der Waals surface area (Å²) < 4.78 is 67.0. The molecule has 0 saturated carbocycles. The van der Waals surface area contributed by atoms with Crippen LogP contribution in [0.5, 0.6) is 5.88 Å². The Morgan fingerprint density at radius 3 is 2.47 bits per heavy atom. The molecule has 19 heavy (non-hydrogen) atoms. The van der Waals surface area contributed by atoms with Crippen LogP contribution in [-0.2, 0) is 23.8 Å². The first-order valence-corrected chi connectivity index (χ1v) is 5.82. The largest absolute Gasteiger partial charge is 0.435 e. The Morgan fingerprint density at radius 2 is 2.05 bits per heavy atom. The van der Waals surface area contributed by atoms with Gasteiger partial charge in [0.2, 0.25) is 5.88 Å². The summed E-state index contributed by atoms with van der Waals surface area (Å²) in [6.45, 7) is -2.13. The van der Waals surface area contributed by atoms with Gasteiger partial charge < -0.3 is 4.74 Å². The van der Waals surface area contributed by atoms with Crippen molar-refractivity contribution in [1.82, 2.24) is 9.78 Å². The number of hydrogen-bond acceptors (Lipinski definition) is 4. The molecular formula is C9H9F5N2O2S. The van der Waals surface area contributed by atoms with E-state index in [9.17, 15) is 26.7 Å². The number of halogens is 5. The third-order valence-electron chi connectivity index (χ3n) is 1.98. The van der Waals surface area contributed by atoms with E-state index in [1.165, 1.54) is 0 Å². The highest BCUT2D eigenvalue weighted by atomic mass is 32.2. The monoisotopic (exact) mass is 304 g/mol. The lowest BCUT2D eigenvalue weighted by Crippen LogP contribution is -2.10. The minimum atomic E-state index is -4.81. The molecule has 0 atom stereocenters. The van der Waals surface area contributed by atoms with Crippen molar-refractivity contribution in [2.45, 2.75) is 25.5 Å². The SMILES string of the molecule is CC(=O)SCc1c(C(F)(F)F)nn(C)c1OC(F)F. The number of carbonyl (C=O) groups is 1. The van der Waals surface area contributed by atoms with Gasteiger partial charge in [-0.3, -0.25) is 4.79 Å².